The van der Waals surface area contributed by atoms with Crippen molar-refractivity contribution in [2.75, 3.05) is 6.54 Å². The topological polar surface area (TPSA) is 92.4 Å². The highest BCUT2D eigenvalue weighted by Gasteiger charge is 2.20. The van der Waals surface area contributed by atoms with Gasteiger partial charge in [-0.2, -0.15) is 0 Å². The Morgan fingerprint density at radius 1 is 1.22 bits per heavy atom. The lowest BCUT2D eigenvalue weighted by Crippen LogP contribution is -2.45. The van der Waals surface area contributed by atoms with Gasteiger partial charge in [0.1, 0.15) is 0 Å². The molecule has 2 atom stereocenters. The number of aliphatic carboxylic acids is 1. The van der Waals surface area contributed by atoms with E-state index < -0.39 is 12.0 Å². The first kappa shape index (κ1) is 16.9. The summed E-state index contributed by atoms with van der Waals surface area (Å²) >= 11 is 0. The highest BCUT2D eigenvalue weighted by molar-refractivity contribution is 5.81. The van der Waals surface area contributed by atoms with Crippen LogP contribution in [0.5, 0.6) is 0 Å². The van der Waals surface area contributed by atoms with Gasteiger partial charge in [0.05, 0.1) is 6.04 Å². The van der Waals surface area contributed by atoms with Crippen LogP contribution in [0.1, 0.15) is 40.5 Å². The SMILES string of the molecule is CC(C)CC(CNC(=O)[C@H](N)C(C)C)CC(=O)O. The van der Waals surface area contributed by atoms with Crippen LogP contribution in [0, 0.1) is 17.8 Å². The minimum absolute atomic E-state index is 0.0363. The summed E-state index contributed by atoms with van der Waals surface area (Å²) in [5.74, 6) is -0.587. The van der Waals surface area contributed by atoms with Gasteiger partial charge < -0.3 is 16.2 Å². The fraction of sp³-hybridized carbons (Fsp3) is 0.846. The van der Waals surface area contributed by atoms with Crippen LogP contribution >= 0.6 is 0 Å². The molecule has 0 rings (SSSR count). The standard InChI is InChI=1S/C13H26N2O3/c1-8(2)5-10(6-11(16)17)7-15-13(18)12(14)9(3)4/h8-10,12H,5-7,14H2,1-4H3,(H,15,18)(H,16,17)/t10?,12-/m1/s1. The fourth-order valence-electron chi connectivity index (χ4n) is 1.82. The fourth-order valence-corrected chi connectivity index (χ4v) is 1.82. The van der Waals surface area contributed by atoms with Crippen molar-refractivity contribution in [2.24, 2.45) is 23.5 Å². The zero-order valence-electron chi connectivity index (χ0n) is 11.8. The summed E-state index contributed by atoms with van der Waals surface area (Å²) in [6, 6.07) is -0.533. The molecule has 0 aromatic rings. The Bertz CT molecular complexity index is 277. The number of amides is 1. The molecule has 0 bridgehead atoms. The number of carboxylic acids is 1. The van der Waals surface area contributed by atoms with Crippen molar-refractivity contribution < 1.29 is 14.7 Å². The highest BCUT2D eigenvalue weighted by atomic mass is 16.4. The van der Waals surface area contributed by atoms with E-state index in [0.29, 0.717) is 12.5 Å². The van der Waals surface area contributed by atoms with E-state index in [2.05, 4.69) is 5.32 Å². The molecule has 0 spiro atoms. The van der Waals surface area contributed by atoms with E-state index in [9.17, 15) is 9.59 Å². The molecular weight excluding hydrogens is 232 g/mol. The largest absolute Gasteiger partial charge is 0.481 e. The zero-order valence-corrected chi connectivity index (χ0v) is 11.8. The van der Waals surface area contributed by atoms with Crippen LogP contribution in [-0.4, -0.2) is 29.6 Å². The average Bonchev–Trinajstić information content (AvgIpc) is 2.22. The van der Waals surface area contributed by atoms with Crippen molar-refractivity contribution in [3.8, 4) is 0 Å². The van der Waals surface area contributed by atoms with Crippen molar-refractivity contribution >= 4 is 11.9 Å². The minimum Gasteiger partial charge on any atom is -0.481 e. The summed E-state index contributed by atoms with van der Waals surface area (Å²) in [5, 5.41) is 11.6. The van der Waals surface area contributed by atoms with Crippen molar-refractivity contribution in [3.63, 3.8) is 0 Å². The maximum atomic E-state index is 11.7. The Morgan fingerprint density at radius 3 is 2.17 bits per heavy atom. The van der Waals surface area contributed by atoms with Gasteiger partial charge in [0, 0.05) is 13.0 Å². The molecule has 106 valence electrons. The second-order valence-electron chi connectivity index (χ2n) is 5.61. The van der Waals surface area contributed by atoms with Crippen molar-refractivity contribution in [1.82, 2.24) is 5.32 Å². The van der Waals surface area contributed by atoms with Gasteiger partial charge in [-0.05, 0) is 24.2 Å². The molecule has 0 fully saturated rings. The predicted octanol–water partition coefficient (Wildman–Crippen LogP) is 1.22. The summed E-state index contributed by atoms with van der Waals surface area (Å²) in [5.41, 5.74) is 5.72. The van der Waals surface area contributed by atoms with Gasteiger partial charge in [-0.3, -0.25) is 9.59 Å². The Labute approximate surface area is 109 Å². The van der Waals surface area contributed by atoms with Crippen LogP contribution in [0.3, 0.4) is 0 Å². The molecule has 0 aliphatic heterocycles. The van der Waals surface area contributed by atoms with Gasteiger partial charge in [0.2, 0.25) is 5.91 Å². The van der Waals surface area contributed by atoms with Gasteiger partial charge in [-0.25, -0.2) is 0 Å². The molecule has 0 aromatic carbocycles. The van der Waals surface area contributed by atoms with Crippen molar-refractivity contribution in [2.45, 2.75) is 46.6 Å². The maximum absolute atomic E-state index is 11.7. The van der Waals surface area contributed by atoms with Gasteiger partial charge in [0.15, 0.2) is 0 Å². The molecule has 0 aliphatic rings. The van der Waals surface area contributed by atoms with Crippen molar-refractivity contribution in [1.29, 1.82) is 0 Å². The summed E-state index contributed by atoms with van der Waals surface area (Å²) < 4.78 is 0. The molecule has 1 amide bonds. The number of nitrogens with one attached hydrogen (secondary N) is 1. The van der Waals surface area contributed by atoms with Gasteiger partial charge in [-0.15, -0.1) is 0 Å². The number of hydrogen-bond acceptors (Lipinski definition) is 3. The van der Waals surface area contributed by atoms with E-state index in [1.165, 1.54) is 0 Å². The zero-order chi connectivity index (χ0) is 14.3. The second kappa shape index (κ2) is 8.08. The van der Waals surface area contributed by atoms with Crippen LogP contribution in [-0.2, 0) is 9.59 Å². The number of nitrogens with two attached hydrogens (primary N) is 1. The predicted molar refractivity (Wildman–Crippen MR) is 71.0 cm³/mol. The molecule has 5 heteroatoms. The molecule has 5 nitrogen and oxygen atoms in total. The highest BCUT2D eigenvalue weighted by Crippen LogP contribution is 2.14. The molecule has 1 unspecified atom stereocenters. The number of rotatable bonds is 8. The molecule has 4 N–H and O–H groups in total. The van der Waals surface area contributed by atoms with Gasteiger partial charge in [-0.1, -0.05) is 27.7 Å². The Morgan fingerprint density at radius 2 is 1.78 bits per heavy atom. The Balaban J connectivity index is 4.24. The third kappa shape index (κ3) is 7.27. The van der Waals surface area contributed by atoms with E-state index in [1.54, 1.807) is 0 Å². The quantitative estimate of drug-likeness (QED) is 0.610. The summed E-state index contributed by atoms with van der Waals surface area (Å²) in [7, 11) is 0. The third-order valence-electron chi connectivity index (χ3n) is 2.85. The first-order valence-corrected chi connectivity index (χ1v) is 6.49. The van der Waals surface area contributed by atoms with Gasteiger partial charge >= 0.3 is 5.97 Å². The van der Waals surface area contributed by atoms with E-state index in [1.807, 2.05) is 27.7 Å². The van der Waals surface area contributed by atoms with Crippen LogP contribution in [0.4, 0.5) is 0 Å². The van der Waals surface area contributed by atoms with Gasteiger partial charge in [0.25, 0.3) is 0 Å². The van der Waals surface area contributed by atoms with Crippen molar-refractivity contribution in [3.05, 3.63) is 0 Å². The van der Waals surface area contributed by atoms with E-state index in [4.69, 9.17) is 10.8 Å². The van der Waals surface area contributed by atoms with Crippen LogP contribution < -0.4 is 11.1 Å². The van der Waals surface area contributed by atoms with Crippen LogP contribution in [0.15, 0.2) is 0 Å². The van der Waals surface area contributed by atoms with E-state index >= 15 is 0 Å². The van der Waals surface area contributed by atoms with Crippen LogP contribution in [0.2, 0.25) is 0 Å². The van der Waals surface area contributed by atoms with E-state index in [0.717, 1.165) is 6.42 Å². The monoisotopic (exact) mass is 258 g/mol. The summed E-state index contributed by atoms with van der Waals surface area (Å²) in [6.45, 7) is 8.22. The molecule has 0 heterocycles. The molecule has 0 saturated heterocycles. The third-order valence-corrected chi connectivity index (χ3v) is 2.85. The average molecular weight is 258 g/mol. The molecular formula is C13H26N2O3. The first-order valence-electron chi connectivity index (χ1n) is 6.49. The number of carbonyl (C=O) groups excluding carboxylic acids is 1. The van der Waals surface area contributed by atoms with E-state index in [-0.39, 0.29) is 24.2 Å². The number of carbonyl (C=O) groups is 2. The molecule has 0 saturated carbocycles. The number of carboxylic acid groups (broad SMARTS) is 1. The minimum atomic E-state index is -0.831. The maximum Gasteiger partial charge on any atom is 0.303 e. The number of hydrogen-bond donors (Lipinski definition) is 3. The van der Waals surface area contributed by atoms with Crippen LogP contribution in [0.25, 0.3) is 0 Å². The lowest BCUT2D eigenvalue weighted by atomic mass is 9.94. The smallest absolute Gasteiger partial charge is 0.303 e. The Hall–Kier alpha value is -1.10. The molecule has 0 aliphatic carbocycles. The summed E-state index contributed by atoms with van der Waals surface area (Å²) in [4.78, 5) is 22.4. The first-order chi connectivity index (χ1) is 8.23. The lowest BCUT2D eigenvalue weighted by Gasteiger charge is -2.20. The lowest BCUT2D eigenvalue weighted by molar-refractivity contribution is -0.138. The second-order valence-corrected chi connectivity index (χ2v) is 5.61. The normalized spacial score (nSPS) is 14.6. The molecule has 18 heavy (non-hydrogen) atoms. The molecule has 0 aromatic heterocycles. The summed E-state index contributed by atoms with van der Waals surface area (Å²) in [6.07, 6.45) is 0.860. The Kier molecular flexibility index (Phi) is 7.59. The molecule has 0 radical (unpaired) electrons.